The fourth-order valence-corrected chi connectivity index (χ4v) is 4.85. The second-order valence-electron chi connectivity index (χ2n) is 8.31. The predicted molar refractivity (Wildman–Crippen MR) is 126 cm³/mol. The van der Waals surface area contributed by atoms with Gasteiger partial charge >= 0.3 is 0 Å². The van der Waals surface area contributed by atoms with Gasteiger partial charge in [0.15, 0.2) is 15.5 Å². The van der Waals surface area contributed by atoms with E-state index in [-0.39, 0.29) is 16.8 Å². The van der Waals surface area contributed by atoms with E-state index in [0.717, 1.165) is 46.9 Å². The molecule has 3 aromatic heterocycles. The van der Waals surface area contributed by atoms with Crippen molar-refractivity contribution >= 4 is 26.8 Å². The van der Waals surface area contributed by atoms with Crippen LogP contribution in [-0.4, -0.2) is 41.6 Å². The molecule has 0 saturated carbocycles. The summed E-state index contributed by atoms with van der Waals surface area (Å²) in [4.78, 5) is 26.3. The van der Waals surface area contributed by atoms with Crippen LogP contribution in [-0.2, 0) is 22.7 Å². The third kappa shape index (κ3) is 4.47. The van der Waals surface area contributed by atoms with Gasteiger partial charge in [0.2, 0.25) is 0 Å². The first-order valence-electron chi connectivity index (χ1n) is 10.7. The van der Waals surface area contributed by atoms with Crippen molar-refractivity contribution < 1.29 is 13.2 Å². The van der Waals surface area contributed by atoms with E-state index in [9.17, 15) is 13.2 Å². The summed E-state index contributed by atoms with van der Waals surface area (Å²) in [6, 6.07) is 14.1. The second-order valence-corrected chi connectivity index (χ2v) is 10.3. The molecule has 1 aliphatic carbocycles. The van der Waals surface area contributed by atoms with Gasteiger partial charge in [0.05, 0.1) is 4.90 Å². The van der Waals surface area contributed by atoms with Crippen molar-refractivity contribution in [2.75, 3.05) is 6.26 Å². The highest BCUT2D eigenvalue weighted by molar-refractivity contribution is 7.90. The second kappa shape index (κ2) is 8.37. The van der Waals surface area contributed by atoms with E-state index < -0.39 is 9.84 Å². The number of carbonyl (C=O) groups is 1. The molecule has 0 unspecified atom stereocenters. The largest absolute Gasteiger partial charge is 0.349 e. The summed E-state index contributed by atoms with van der Waals surface area (Å²) < 4.78 is 23.6. The molecule has 1 aliphatic rings. The third-order valence-corrected chi connectivity index (χ3v) is 7.02. The molecule has 33 heavy (non-hydrogen) atoms. The molecule has 8 heteroatoms. The quantitative estimate of drug-likeness (QED) is 0.503. The molecule has 0 aliphatic heterocycles. The maximum atomic E-state index is 12.8. The number of amides is 1. The van der Waals surface area contributed by atoms with E-state index in [1.54, 1.807) is 24.5 Å². The number of hydrogen-bond acceptors (Lipinski definition) is 6. The number of aromatic nitrogens is 3. The number of rotatable bonds is 4. The first-order chi connectivity index (χ1) is 15.9. The molecule has 4 aromatic rings. The van der Waals surface area contributed by atoms with E-state index in [1.165, 1.54) is 12.1 Å². The summed E-state index contributed by atoms with van der Waals surface area (Å²) in [5.41, 5.74) is 5.20. The Kier molecular flexibility index (Phi) is 5.38. The van der Waals surface area contributed by atoms with Crippen molar-refractivity contribution in [3.8, 4) is 11.1 Å². The van der Waals surface area contributed by atoms with Gasteiger partial charge in [-0.3, -0.25) is 9.78 Å². The molecule has 0 spiro atoms. The van der Waals surface area contributed by atoms with Crippen LogP contribution in [0, 0.1) is 0 Å². The van der Waals surface area contributed by atoms with Gasteiger partial charge in [-0.2, -0.15) is 0 Å². The Bertz CT molecular complexity index is 1470. The zero-order valence-corrected chi connectivity index (χ0v) is 18.8. The van der Waals surface area contributed by atoms with Crippen molar-refractivity contribution in [1.29, 1.82) is 0 Å². The minimum atomic E-state index is -3.37. The van der Waals surface area contributed by atoms with E-state index in [1.807, 2.05) is 18.3 Å². The summed E-state index contributed by atoms with van der Waals surface area (Å²) >= 11 is 0. The summed E-state index contributed by atoms with van der Waals surface area (Å²) in [5.74, 6) is -0.274. The van der Waals surface area contributed by atoms with Crippen LogP contribution >= 0.6 is 0 Å². The summed E-state index contributed by atoms with van der Waals surface area (Å²) in [6.45, 7) is 0. The molecule has 0 radical (unpaired) electrons. The van der Waals surface area contributed by atoms with Gasteiger partial charge in [-0.05, 0) is 72.9 Å². The van der Waals surface area contributed by atoms with Gasteiger partial charge in [0.25, 0.3) is 5.91 Å². The lowest BCUT2D eigenvalue weighted by Gasteiger charge is -2.25. The van der Waals surface area contributed by atoms with Gasteiger partial charge in [0.1, 0.15) is 0 Å². The van der Waals surface area contributed by atoms with Crippen molar-refractivity contribution in [2.24, 2.45) is 0 Å². The molecular formula is C25H22N4O3S. The van der Waals surface area contributed by atoms with Gasteiger partial charge in [-0.15, -0.1) is 0 Å². The van der Waals surface area contributed by atoms with E-state index in [2.05, 4.69) is 27.4 Å². The molecule has 1 amide bonds. The molecule has 5 rings (SSSR count). The minimum absolute atomic E-state index is 0.0533. The fraction of sp³-hybridized carbons (Fsp3) is 0.200. The molecule has 3 heterocycles. The van der Waals surface area contributed by atoms with Crippen LogP contribution in [0.5, 0.6) is 0 Å². The maximum Gasteiger partial charge on any atom is 0.251 e. The van der Waals surface area contributed by atoms with Crippen LogP contribution in [0.3, 0.4) is 0 Å². The fourth-order valence-electron chi connectivity index (χ4n) is 4.18. The SMILES string of the molecule is CS(=O)(=O)c1cccc(C(=O)N[C@@H]2CCc3nc4ncc(-c5ccncc5)cc4cc3C2)c1. The highest BCUT2D eigenvalue weighted by atomic mass is 32.2. The minimum Gasteiger partial charge on any atom is -0.349 e. The molecule has 0 bridgehead atoms. The van der Waals surface area contributed by atoms with Crippen LogP contribution in [0.4, 0.5) is 0 Å². The summed E-state index contributed by atoms with van der Waals surface area (Å²) in [5, 5.41) is 4.01. The van der Waals surface area contributed by atoms with Crippen LogP contribution in [0.1, 0.15) is 28.0 Å². The number of nitrogens with zero attached hydrogens (tertiary/aromatic N) is 3. The van der Waals surface area contributed by atoms with Crippen LogP contribution in [0.15, 0.2) is 72.0 Å². The first kappa shape index (κ1) is 21.2. The monoisotopic (exact) mass is 458 g/mol. The highest BCUT2D eigenvalue weighted by Gasteiger charge is 2.23. The van der Waals surface area contributed by atoms with Crippen LogP contribution in [0.25, 0.3) is 22.2 Å². The lowest BCUT2D eigenvalue weighted by atomic mass is 9.90. The number of hydrogen-bond donors (Lipinski definition) is 1. The summed E-state index contributed by atoms with van der Waals surface area (Å²) in [6.07, 6.45) is 8.63. The normalized spacial score (nSPS) is 15.7. The zero-order valence-electron chi connectivity index (χ0n) is 18.0. The number of aryl methyl sites for hydroxylation is 1. The predicted octanol–water partition coefficient (Wildman–Crippen LogP) is 3.38. The number of nitrogens with one attached hydrogen (secondary N) is 1. The average Bonchev–Trinajstić information content (AvgIpc) is 2.82. The zero-order chi connectivity index (χ0) is 23.0. The molecule has 1 N–H and O–H groups in total. The van der Waals surface area contributed by atoms with Crippen LogP contribution in [0.2, 0.25) is 0 Å². The first-order valence-corrected chi connectivity index (χ1v) is 12.6. The Morgan fingerprint density at radius 3 is 2.67 bits per heavy atom. The lowest BCUT2D eigenvalue weighted by molar-refractivity contribution is 0.0933. The Morgan fingerprint density at radius 2 is 1.88 bits per heavy atom. The Balaban J connectivity index is 1.37. The number of fused-ring (bicyclic) bond motifs is 2. The van der Waals surface area contributed by atoms with Gasteiger partial charge in [0, 0.05) is 53.1 Å². The Labute approximate surface area is 191 Å². The van der Waals surface area contributed by atoms with E-state index >= 15 is 0 Å². The molecule has 7 nitrogen and oxygen atoms in total. The molecule has 166 valence electrons. The van der Waals surface area contributed by atoms with Crippen molar-refractivity contribution in [3.05, 3.63) is 83.9 Å². The molecule has 1 atom stereocenters. The molecular weight excluding hydrogens is 436 g/mol. The average molecular weight is 459 g/mol. The molecule has 0 fully saturated rings. The maximum absolute atomic E-state index is 12.8. The van der Waals surface area contributed by atoms with Crippen LogP contribution < -0.4 is 5.32 Å². The smallest absolute Gasteiger partial charge is 0.251 e. The standard InChI is InChI=1S/C25H22N4O3S/c1-33(31,32)22-4-2-3-17(14-22)25(30)28-21-5-6-23-18(13-21)11-19-12-20(15-27-24(19)29-23)16-7-9-26-10-8-16/h2-4,7-12,14-15,21H,5-6,13H2,1H3,(H,28,30)/t21-/m1/s1. The lowest BCUT2D eigenvalue weighted by Crippen LogP contribution is -2.39. The van der Waals surface area contributed by atoms with Gasteiger partial charge < -0.3 is 5.32 Å². The van der Waals surface area contributed by atoms with E-state index in [0.29, 0.717) is 17.6 Å². The summed E-state index contributed by atoms with van der Waals surface area (Å²) in [7, 11) is -3.37. The molecule has 0 saturated heterocycles. The number of sulfone groups is 1. The number of pyridine rings is 3. The Hall–Kier alpha value is -3.65. The van der Waals surface area contributed by atoms with Gasteiger partial charge in [-0.1, -0.05) is 6.07 Å². The van der Waals surface area contributed by atoms with E-state index in [4.69, 9.17) is 4.98 Å². The highest BCUT2D eigenvalue weighted by Crippen LogP contribution is 2.27. The molecule has 1 aromatic carbocycles. The number of carbonyl (C=O) groups excluding carboxylic acids is 1. The van der Waals surface area contributed by atoms with Crippen molar-refractivity contribution in [3.63, 3.8) is 0 Å². The topological polar surface area (TPSA) is 102 Å². The van der Waals surface area contributed by atoms with Gasteiger partial charge in [-0.25, -0.2) is 18.4 Å². The van der Waals surface area contributed by atoms with Crippen molar-refractivity contribution in [1.82, 2.24) is 20.3 Å². The Morgan fingerprint density at radius 1 is 1.06 bits per heavy atom. The third-order valence-electron chi connectivity index (χ3n) is 5.91. The number of benzene rings is 1. The van der Waals surface area contributed by atoms with Crippen molar-refractivity contribution in [2.45, 2.75) is 30.2 Å².